The molecule has 1 fully saturated rings. The fourth-order valence-electron chi connectivity index (χ4n) is 6.13. The standard InChI is InChI=1S/C37H34N4O6.C2H4O2/c1-22-6-8-26-17-29(22)24-4-3-5-28(16-24)46-21-35(42)39-18-23-7-11-32(33(14-23)45-2)47-34-20-41(19-31(34)40-36(26)43)37(44)27-9-10-30-25(15-27)12-13-38-30;1-2(3)4/h3-17,31,34,38H,18-21H2,1-2H3,(H,39,42)(H,40,43);1H3,(H,3,4)/t31-,34-;/m0./s1. The summed E-state index contributed by atoms with van der Waals surface area (Å²) in [6, 6.07) is 25.3. The molecule has 0 saturated carbocycles. The Bertz CT molecular complexity index is 2100. The van der Waals surface area contributed by atoms with Crippen LogP contribution in [0.1, 0.15) is 38.8 Å². The average Bonchev–Trinajstić information content (AvgIpc) is 3.76. The Balaban J connectivity index is 0.00000107. The van der Waals surface area contributed by atoms with E-state index in [0.29, 0.717) is 28.4 Å². The molecular formula is C39H38N4O8. The quantitative estimate of drug-likeness (QED) is 0.203. The second-order valence-electron chi connectivity index (χ2n) is 12.4. The predicted octanol–water partition coefficient (Wildman–Crippen LogP) is 4.95. The second kappa shape index (κ2) is 15.1. The molecule has 0 unspecified atom stereocenters. The molecule has 1 saturated heterocycles. The minimum absolute atomic E-state index is 0.151. The van der Waals surface area contributed by atoms with Gasteiger partial charge in [0.2, 0.25) is 0 Å². The number of ether oxygens (including phenoxy) is 3. The second-order valence-corrected chi connectivity index (χ2v) is 12.4. The lowest BCUT2D eigenvalue weighted by atomic mass is 9.97. The van der Waals surface area contributed by atoms with E-state index in [1.807, 2.05) is 67.7 Å². The first-order valence-corrected chi connectivity index (χ1v) is 16.4. The fourth-order valence-corrected chi connectivity index (χ4v) is 6.13. The number of benzene rings is 4. The van der Waals surface area contributed by atoms with Crippen molar-refractivity contribution in [3.8, 4) is 28.4 Å². The van der Waals surface area contributed by atoms with Crippen LogP contribution in [0.2, 0.25) is 0 Å². The fraction of sp³-hybridized carbons (Fsp3) is 0.231. The first kappa shape index (κ1) is 34.6. The van der Waals surface area contributed by atoms with Gasteiger partial charge in [-0.1, -0.05) is 24.3 Å². The van der Waals surface area contributed by atoms with E-state index >= 15 is 0 Å². The average molecular weight is 691 g/mol. The number of hydrogen-bond acceptors (Lipinski definition) is 7. The number of nitrogens with one attached hydrogen (secondary N) is 3. The van der Waals surface area contributed by atoms with E-state index in [2.05, 4.69) is 15.6 Å². The highest BCUT2D eigenvalue weighted by Crippen LogP contribution is 2.32. The molecule has 4 aromatic carbocycles. The SMILES string of the molecule is CC(=O)O.COc1cc2ccc1O[C@H]1CN(C(=O)c3ccc4[nH]ccc4c3)C[C@@H]1NC(=O)c1ccc(C)c(c1)-c1cccc(c1)OCC(=O)NC2. The third-order valence-electron chi connectivity index (χ3n) is 8.68. The summed E-state index contributed by atoms with van der Waals surface area (Å²) in [7, 11) is 1.54. The van der Waals surface area contributed by atoms with Crippen LogP contribution in [-0.2, 0) is 16.1 Å². The Morgan fingerprint density at radius 2 is 1.76 bits per heavy atom. The Labute approximate surface area is 294 Å². The smallest absolute Gasteiger partial charge is 0.300 e. The lowest BCUT2D eigenvalue weighted by Crippen LogP contribution is -2.45. The van der Waals surface area contributed by atoms with Gasteiger partial charge in [0.15, 0.2) is 18.1 Å². The Morgan fingerprint density at radius 3 is 2.57 bits per heavy atom. The molecule has 12 heteroatoms. The molecular weight excluding hydrogens is 652 g/mol. The molecule has 8 rings (SSSR count). The van der Waals surface area contributed by atoms with Crippen LogP contribution in [-0.4, -0.2) is 77.6 Å². The van der Waals surface area contributed by atoms with E-state index in [9.17, 15) is 14.4 Å². The minimum Gasteiger partial charge on any atom is -0.493 e. The number of methoxy groups -OCH3 is 1. The first-order valence-electron chi connectivity index (χ1n) is 16.4. The van der Waals surface area contributed by atoms with E-state index in [4.69, 9.17) is 24.1 Å². The van der Waals surface area contributed by atoms with Crippen molar-refractivity contribution in [1.82, 2.24) is 20.5 Å². The van der Waals surface area contributed by atoms with Crippen molar-refractivity contribution in [2.75, 3.05) is 26.8 Å². The van der Waals surface area contributed by atoms with Crippen molar-refractivity contribution in [3.63, 3.8) is 0 Å². The van der Waals surface area contributed by atoms with Gasteiger partial charge in [-0.3, -0.25) is 19.2 Å². The molecule has 3 aliphatic rings. The number of nitrogens with zero attached hydrogens (tertiary/aromatic N) is 1. The van der Waals surface area contributed by atoms with Crippen LogP contribution < -0.4 is 24.8 Å². The van der Waals surface area contributed by atoms with Gasteiger partial charge in [0.25, 0.3) is 23.7 Å². The largest absolute Gasteiger partial charge is 0.493 e. The van der Waals surface area contributed by atoms with Crippen LogP contribution in [0.4, 0.5) is 0 Å². The maximum Gasteiger partial charge on any atom is 0.300 e. The lowest BCUT2D eigenvalue weighted by molar-refractivity contribution is -0.134. The maximum absolute atomic E-state index is 13.8. The molecule has 1 aromatic heterocycles. The van der Waals surface area contributed by atoms with Gasteiger partial charge in [0.05, 0.1) is 19.7 Å². The number of H-pyrrole nitrogens is 1. The number of hydrogen-bond donors (Lipinski definition) is 4. The van der Waals surface area contributed by atoms with Crippen LogP contribution >= 0.6 is 0 Å². The number of carbonyl (C=O) groups is 4. The molecule has 3 amide bonds. The molecule has 4 heterocycles. The number of amides is 3. The summed E-state index contributed by atoms with van der Waals surface area (Å²) in [5.74, 6) is -0.0684. The van der Waals surface area contributed by atoms with Crippen LogP contribution in [0.15, 0.2) is 91.1 Å². The van der Waals surface area contributed by atoms with E-state index < -0.39 is 18.1 Å². The van der Waals surface area contributed by atoms with Gasteiger partial charge >= 0.3 is 0 Å². The molecule has 12 nitrogen and oxygen atoms in total. The van der Waals surface area contributed by atoms with E-state index in [-0.39, 0.29) is 44.0 Å². The molecule has 0 spiro atoms. The van der Waals surface area contributed by atoms with Gasteiger partial charge in [0.1, 0.15) is 11.9 Å². The molecule has 2 atom stereocenters. The van der Waals surface area contributed by atoms with Gasteiger partial charge in [-0.25, -0.2) is 0 Å². The highest BCUT2D eigenvalue weighted by atomic mass is 16.5. The van der Waals surface area contributed by atoms with Crippen molar-refractivity contribution in [2.24, 2.45) is 0 Å². The van der Waals surface area contributed by atoms with Gasteiger partial charge in [0, 0.05) is 48.2 Å². The lowest BCUT2D eigenvalue weighted by Gasteiger charge is -2.23. The maximum atomic E-state index is 13.8. The molecule has 5 aromatic rings. The van der Waals surface area contributed by atoms with E-state index in [1.54, 1.807) is 42.3 Å². The highest BCUT2D eigenvalue weighted by Gasteiger charge is 2.39. The van der Waals surface area contributed by atoms with Crippen molar-refractivity contribution in [3.05, 3.63) is 113 Å². The minimum atomic E-state index is -0.833. The number of carboxylic acids is 1. The number of aromatic amines is 1. The van der Waals surface area contributed by atoms with Crippen molar-refractivity contribution < 1.29 is 38.5 Å². The number of aromatic nitrogens is 1. The van der Waals surface area contributed by atoms with E-state index in [0.717, 1.165) is 40.1 Å². The molecule has 51 heavy (non-hydrogen) atoms. The monoisotopic (exact) mass is 690 g/mol. The number of likely N-dealkylation sites (tertiary alicyclic amines) is 1. The molecule has 0 radical (unpaired) electrons. The highest BCUT2D eigenvalue weighted by molar-refractivity contribution is 5.99. The molecule has 6 bridgehead atoms. The molecule has 262 valence electrons. The molecule has 0 aliphatic carbocycles. The summed E-state index contributed by atoms with van der Waals surface area (Å²) in [5.41, 5.74) is 5.47. The van der Waals surface area contributed by atoms with Crippen LogP contribution in [0.5, 0.6) is 17.2 Å². The number of carbonyl (C=O) groups excluding carboxylic acids is 3. The van der Waals surface area contributed by atoms with Crippen LogP contribution in [0.3, 0.4) is 0 Å². The topological polar surface area (TPSA) is 159 Å². The summed E-state index contributed by atoms with van der Waals surface area (Å²) < 4.78 is 18.0. The number of aliphatic carboxylic acids is 1. The van der Waals surface area contributed by atoms with Crippen molar-refractivity contribution >= 4 is 34.6 Å². The number of rotatable bonds is 2. The summed E-state index contributed by atoms with van der Waals surface area (Å²) in [6.45, 7) is 3.68. The summed E-state index contributed by atoms with van der Waals surface area (Å²) >= 11 is 0. The first-order chi connectivity index (χ1) is 24.6. The number of aryl methyl sites for hydroxylation is 1. The third-order valence-corrected chi connectivity index (χ3v) is 8.68. The molecule has 3 aliphatic heterocycles. The zero-order valence-electron chi connectivity index (χ0n) is 28.4. The van der Waals surface area contributed by atoms with Gasteiger partial charge in [-0.15, -0.1) is 0 Å². The Hall–Kier alpha value is -6.30. The number of fused-ring (bicyclic) bond motifs is 8. The van der Waals surface area contributed by atoms with Crippen molar-refractivity contribution in [1.29, 1.82) is 0 Å². The zero-order chi connectivity index (χ0) is 36.1. The van der Waals surface area contributed by atoms with Gasteiger partial charge in [-0.2, -0.15) is 0 Å². The third kappa shape index (κ3) is 8.13. The summed E-state index contributed by atoms with van der Waals surface area (Å²) in [5, 5.41) is 14.4. The molecule has 4 N–H and O–H groups in total. The number of carboxylic acid groups (broad SMARTS) is 1. The van der Waals surface area contributed by atoms with Gasteiger partial charge in [-0.05, 0) is 89.8 Å². The zero-order valence-corrected chi connectivity index (χ0v) is 28.4. The van der Waals surface area contributed by atoms with E-state index in [1.165, 1.54) is 0 Å². The normalized spacial score (nSPS) is 17.1. The predicted molar refractivity (Wildman–Crippen MR) is 190 cm³/mol. The Morgan fingerprint density at radius 1 is 0.941 bits per heavy atom. The van der Waals surface area contributed by atoms with Gasteiger partial charge < -0.3 is 39.8 Å². The summed E-state index contributed by atoms with van der Waals surface area (Å²) in [6.07, 6.45) is 1.27. The van der Waals surface area contributed by atoms with Crippen LogP contribution in [0, 0.1) is 6.92 Å². The summed E-state index contributed by atoms with van der Waals surface area (Å²) in [4.78, 5) is 54.1. The Kier molecular flexibility index (Phi) is 10.2. The van der Waals surface area contributed by atoms with Crippen LogP contribution in [0.25, 0.3) is 22.0 Å². The van der Waals surface area contributed by atoms with Crippen molar-refractivity contribution in [2.45, 2.75) is 32.5 Å².